The van der Waals surface area contributed by atoms with Gasteiger partial charge in [0.15, 0.2) is 0 Å². The molecule has 1 unspecified atom stereocenters. The highest BCUT2D eigenvalue weighted by atomic mass is 16.1. The Morgan fingerprint density at radius 2 is 2.07 bits per heavy atom. The second-order valence-electron chi connectivity index (χ2n) is 4.43. The maximum atomic E-state index is 11.6. The zero-order chi connectivity index (χ0) is 10.6. The first-order valence-electron chi connectivity index (χ1n) is 5.95. The molecule has 1 atom stereocenters. The molecule has 0 saturated heterocycles. The van der Waals surface area contributed by atoms with E-state index in [2.05, 4.69) is 18.7 Å². The summed E-state index contributed by atoms with van der Waals surface area (Å²) in [6, 6.07) is 0.139. The lowest BCUT2D eigenvalue weighted by Crippen LogP contribution is -2.40. The lowest BCUT2D eigenvalue weighted by Gasteiger charge is -2.27. The Balaban J connectivity index is 2.41. The molecule has 1 aliphatic carbocycles. The third kappa shape index (κ3) is 3.41. The van der Waals surface area contributed by atoms with E-state index in [1.54, 1.807) is 0 Å². The van der Waals surface area contributed by atoms with Crippen molar-refractivity contribution in [3.05, 3.63) is 0 Å². The van der Waals surface area contributed by atoms with E-state index < -0.39 is 0 Å². The summed E-state index contributed by atoms with van der Waals surface area (Å²) in [4.78, 5) is 14.0. The Kier molecular flexibility index (Phi) is 4.59. The quantitative estimate of drug-likeness (QED) is 0.625. The SMILES string of the molecule is CCCN(CC1CC1)C(C)C(=O)CC. The van der Waals surface area contributed by atoms with Gasteiger partial charge in [0.25, 0.3) is 0 Å². The van der Waals surface area contributed by atoms with E-state index >= 15 is 0 Å². The zero-order valence-corrected chi connectivity index (χ0v) is 9.75. The summed E-state index contributed by atoms with van der Waals surface area (Å²) < 4.78 is 0. The summed E-state index contributed by atoms with van der Waals surface area (Å²) in [6.45, 7) is 8.41. The molecule has 0 aromatic rings. The fourth-order valence-corrected chi connectivity index (χ4v) is 1.86. The Hall–Kier alpha value is -0.370. The van der Waals surface area contributed by atoms with Crippen molar-refractivity contribution in [2.75, 3.05) is 13.1 Å². The molecule has 1 fully saturated rings. The molecule has 82 valence electrons. The second-order valence-corrected chi connectivity index (χ2v) is 4.43. The van der Waals surface area contributed by atoms with Gasteiger partial charge < -0.3 is 0 Å². The molecule has 2 nitrogen and oxygen atoms in total. The molecule has 14 heavy (non-hydrogen) atoms. The molecule has 0 heterocycles. The fourth-order valence-electron chi connectivity index (χ4n) is 1.86. The summed E-state index contributed by atoms with van der Waals surface area (Å²) in [6.07, 6.45) is 4.56. The fraction of sp³-hybridized carbons (Fsp3) is 0.917. The number of ketones is 1. The van der Waals surface area contributed by atoms with Crippen LogP contribution in [0.3, 0.4) is 0 Å². The normalized spacial score (nSPS) is 18.6. The molecule has 0 radical (unpaired) electrons. The van der Waals surface area contributed by atoms with Crippen LogP contribution < -0.4 is 0 Å². The number of hydrogen-bond acceptors (Lipinski definition) is 2. The van der Waals surface area contributed by atoms with Gasteiger partial charge in [0.1, 0.15) is 5.78 Å². The van der Waals surface area contributed by atoms with Crippen molar-refractivity contribution in [3.8, 4) is 0 Å². The van der Waals surface area contributed by atoms with E-state index in [1.165, 1.54) is 12.8 Å². The Morgan fingerprint density at radius 3 is 2.50 bits per heavy atom. The second kappa shape index (κ2) is 5.50. The maximum Gasteiger partial charge on any atom is 0.149 e. The third-order valence-electron chi connectivity index (χ3n) is 3.06. The Labute approximate surface area is 87.7 Å². The molecule has 0 aliphatic heterocycles. The van der Waals surface area contributed by atoms with E-state index in [0.29, 0.717) is 12.2 Å². The molecule has 1 aliphatic rings. The van der Waals surface area contributed by atoms with E-state index in [9.17, 15) is 4.79 Å². The van der Waals surface area contributed by atoms with Gasteiger partial charge in [0.2, 0.25) is 0 Å². The molecule has 0 bridgehead atoms. The summed E-state index contributed by atoms with van der Waals surface area (Å²) in [5.74, 6) is 1.27. The number of rotatable bonds is 7. The highest BCUT2D eigenvalue weighted by Crippen LogP contribution is 2.30. The first-order chi connectivity index (χ1) is 6.69. The predicted molar refractivity (Wildman–Crippen MR) is 59.3 cm³/mol. The van der Waals surface area contributed by atoms with Gasteiger partial charge in [-0.2, -0.15) is 0 Å². The van der Waals surface area contributed by atoms with Crippen LogP contribution in [-0.2, 0) is 4.79 Å². The molecular weight excluding hydrogens is 174 g/mol. The minimum Gasteiger partial charge on any atom is -0.298 e. The van der Waals surface area contributed by atoms with Crippen LogP contribution in [0.1, 0.15) is 46.5 Å². The minimum atomic E-state index is 0.139. The lowest BCUT2D eigenvalue weighted by atomic mass is 10.1. The number of carbonyl (C=O) groups excluding carboxylic acids is 1. The number of Topliss-reactive ketones (excluding diaryl/α,β-unsaturated/α-hetero) is 1. The largest absolute Gasteiger partial charge is 0.298 e. The molecular formula is C12H23NO. The van der Waals surface area contributed by atoms with Gasteiger partial charge in [-0.3, -0.25) is 9.69 Å². The Bertz CT molecular complexity index is 187. The topological polar surface area (TPSA) is 20.3 Å². The summed E-state index contributed by atoms with van der Waals surface area (Å²) in [5, 5.41) is 0. The lowest BCUT2D eigenvalue weighted by molar-refractivity contribution is -0.123. The van der Waals surface area contributed by atoms with Crippen molar-refractivity contribution in [2.45, 2.75) is 52.5 Å². The third-order valence-corrected chi connectivity index (χ3v) is 3.06. The molecule has 0 amide bonds. The van der Waals surface area contributed by atoms with Crippen LogP contribution in [0.4, 0.5) is 0 Å². The van der Waals surface area contributed by atoms with Gasteiger partial charge in [-0.05, 0) is 38.6 Å². The van der Waals surface area contributed by atoms with Crippen molar-refractivity contribution in [3.63, 3.8) is 0 Å². The van der Waals surface area contributed by atoms with Gasteiger partial charge in [-0.1, -0.05) is 13.8 Å². The standard InChI is InChI=1S/C12H23NO/c1-4-8-13(9-11-6-7-11)10(3)12(14)5-2/h10-11H,4-9H2,1-3H3. The van der Waals surface area contributed by atoms with E-state index in [-0.39, 0.29) is 6.04 Å². The van der Waals surface area contributed by atoms with Crippen LogP contribution >= 0.6 is 0 Å². The monoisotopic (exact) mass is 197 g/mol. The minimum absolute atomic E-state index is 0.139. The van der Waals surface area contributed by atoms with Crippen LogP contribution in [0.5, 0.6) is 0 Å². The van der Waals surface area contributed by atoms with Crippen molar-refractivity contribution in [2.24, 2.45) is 5.92 Å². The number of hydrogen-bond donors (Lipinski definition) is 0. The van der Waals surface area contributed by atoms with Gasteiger partial charge in [-0.15, -0.1) is 0 Å². The summed E-state index contributed by atoms with van der Waals surface area (Å²) in [7, 11) is 0. The van der Waals surface area contributed by atoms with Crippen molar-refractivity contribution in [1.29, 1.82) is 0 Å². The summed E-state index contributed by atoms with van der Waals surface area (Å²) in [5.41, 5.74) is 0. The first-order valence-corrected chi connectivity index (χ1v) is 5.95. The Morgan fingerprint density at radius 1 is 1.43 bits per heavy atom. The maximum absolute atomic E-state index is 11.6. The number of carbonyl (C=O) groups is 1. The molecule has 2 heteroatoms. The van der Waals surface area contributed by atoms with Crippen LogP contribution in [0, 0.1) is 5.92 Å². The molecule has 1 rings (SSSR count). The molecule has 1 saturated carbocycles. The van der Waals surface area contributed by atoms with Crippen molar-refractivity contribution in [1.82, 2.24) is 4.90 Å². The first kappa shape index (κ1) is 11.7. The molecule has 0 N–H and O–H groups in total. The van der Waals surface area contributed by atoms with E-state index in [0.717, 1.165) is 25.4 Å². The smallest absolute Gasteiger partial charge is 0.149 e. The van der Waals surface area contributed by atoms with Crippen LogP contribution in [0.2, 0.25) is 0 Å². The van der Waals surface area contributed by atoms with Crippen LogP contribution in [0.15, 0.2) is 0 Å². The van der Waals surface area contributed by atoms with E-state index in [4.69, 9.17) is 0 Å². The van der Waals surface area contributed by atoms with Gasteiger partial charge >= 0.3 is 0 Å². The highest BCUT2D eigenvalue weighted by Gasteiger charge is 2.27. The average molecular weight is 197 g/mol. The predicted octanol–water partition coefficient (Wildman–Crippen LogP) is 2.48. The highest BCUT2D eigenvalue weighted by molar-refractivity contribution is 5.83. The molecule has 0 aromatic carbocycles. The van der Waals surface area contributed by atoms with Gasteiger partial charge in [0.05, 0.1) is 6.04 Å². The van der Waals surface area contributed by atoms with Crippen molar-refractivity contribution >= 4 is 5.78 Å². The van der Waals surface area contributed by atoms with Crippen LogP contribution in [-0.4, -0.2) is 29.8 Å². The van der Waals surface area contributed by atoms with Gasteiger partial charge in [0, 0.05) is 13.0 Å². The molecule has 0 spiro atoms. The van der Waals surface area contributed by atoms with Gasteiger partial charge in [-0.25, -0.2) is 0 Å². The van der Waals surface area contributed by atoms with Crippen molar-refractivity contribution < 1.29 is 4.79 Å². The molecule has 0 aromatic heterocycles. The summed E-state index contributed by atoms with van der Waals surface area (Å²) >= 11 is 0. The number of nitrogens with zero attached hydrogens (tertiary/aromatic N) is 1. The average Bonchev–Trinajstić information content (AvgIpc) is 2.98. The van der Waals surface area contributed by atoms with Crippen LogP contribution in [0.25, 0.3) is 0 Å². The zero-order valence-electron chi connectivity index (χ0n) is 9.75. The van der Waals surface area contributed by atoms with E-state index in [1.807, 2.05) is 6.92 Å².